The monoisotopic (exact) mass is 204 g/mol. The van der Waals surface area contributed by atoms with Crippen LogP contribution < -0.4 is 0 Å². The molecule has 0 aromatic heterocycles. The van der Waals surface area contributed by atoms with Gasteiger partial charge in [-0.2, -0.15) is 0 Å². The van der Waals surface area contributed by atoms with Gasteiger partial charge in [-0.15, -0.1) is 0 Å². The number of benzene rings is 1. The van der Waals surface area contributed by atoms with Crippen molar-refractivity contribution in [2.45, 2.75) is 20.3 Å². The molecule has 0 N–H and O–H groups in total. The first-order chi connectivity index (χ1) is 6.02. The third-order valence-corrected chi connectivity index (χ3v) is 2.16. The Morgan fingerprint density at radius 3 is 2.31 bits per heavy atom. The largest absolute Gasteiger partial charge is 0.207 e. The van der Waals surface area contributed by atoms with Crippen molar-refractivity contribution in [3.63, 3.8) is 0 Å². The molecule has 1 rings (SSSR count). The molecule has 0 saturated heterocycles. The van der Waals surface area contributed by atoms with E-state index in [1.807, 2.05) is 13.8 Å². The molecule has 13 heavy (non-hydrogen) atoms. The molecule has 0 atom stereocenters. The summed E-state index contributed by atoms with van der Waals surface area (Å²) in [6, 6.07) is 2.15. The van der Waals surface area contributed by atoms with Gasteiger partial charge < -0.3 is 0 Å². The van der Waals surface area contributed by atoms with Crippen LogP contribution in [0.15, 0.2) is 12.1 Å². The molecular weight excluding hydrogens is 194 g/mol. The fourth-order valence-corrected chi connectivity index (χ4v) is 1.39. The van der Waals surface area contributed by atoms with Crippen molar-refractivity contribution in [2.24, 2.45) is 5.92 Å². The summed E-state index contributed by atoms with van der Waals surface area (Å²) >= 11 is 5.63. The fraction of sp³-hybridized carbons (Fsp3) is 0.400. The lowest BCUT2D eigenvalue weighted by Gasteiger charge is -2.08. The fourth-order valence-electron chi connectivity index (χ4n) is 1.16. The Kier molecular flexibility index (Phi) is 3.26. The lowest BCUT2D eigenvalue weighted by Crippen LogP contribution is -2.00. The van der Waals surface area contributed by atoms with E-state index in [9.17, 15) is 8.78 Å². The van der Waals surface area contributed by atoms with Crippen LogP contribution in [-0.4, -0.2) is 0 Å². The lowest BCUT2D eigenvalue weighted by atomic mass is 10.0. The minimum atomic E-state index is -0.557. The van der Waals surface area contributed by atoms with Gasteiger partial charge in [0.1, 0.15) is 11.6 Å². The Hall–Kier alpha value is -0.630. The second-order valence-electron chi connectivity index (χ2n) is 3.42. The van der Waals surface area contributed by atoms with E-state index in [-0.39, 0.29) is 16.5 Å². The molecule has 0 fully saturated rings. The molecule has 0 aliphatic carbocycles. The van der Waals surface area contributed by atoms with Crippen molar-refractivity contribution in [3.05, 3.63) is 34.4 Å². The summed E-state index contributed by atoms with van der Waals surface area (Å²) < 4.78 is 26.1. The highest BCUT2D eigenvalue weighted by Crippen LogP contribution is 2.25. The van der Waals surface area contributed by atoms with Crippen molar-refractivity contribution in [1.82, 2.24) is 0 Å². The third kappa shape index (κ3) is 2.41. The first-order valence-corrected chi connectivity index (χ1v) is 4.52. The van der Waals surface area contributed by atoms with E-state index in [0.717, 1.165) is 12.1 Å². The second-order valence-corrected chi connectivity index (χ2v) is 3.80. The van der Waals surface area contributed by atoms with Crippen LogP contribution in [0.5, 0.6) is 0 Å². The van der Waals surface area contributed by atoms with Crippen molar-refractivity contribution in [1.29, 1.82) is 0 Å². The summed E-state index contributed by atoms with van der Waals surface area (Å²) in [7, 11) is 0. The molecule has 0 spiro atoms. The summed E-state index contributed by atoms with van der Waals surface area (Å²) in [6.07, 6.45) is 0.461. The van der Waals surface area contributed by atoms with Gasteiger partial charge in [0, 0.05) is 5.56 Å². The van der Waals surface area contributed by atoms with Gasteiger partial charge in [-0.05, 0) is 24.5 Å². The maximum atomic E-state index is 13.1. The zero-order valence-electron chi connectivity index (χ0n) is 7.57. The first-order valence-electron chi connectivity index (χ1n) is 4.14. The molecule has 0 bridgehead atoms. The van der Waals surface area contributed by atoms with E-state index in [1.54, 1.807) is 0 Å². The number of hydrogen-bond acceptors (Lipinski definition) is 0. The predicted octanol–water partition coefficient (Wildman–Crippen LogP) is 3.82. The van der Waals surface area contributed by atoms with Gasteiger partial charge in [-0.3, -0.25) is 0 Å². The van der Waals surface area contributed by atoms with Crippen molar-refractivity contribution in [3.8, 4) is 0 Å². The van der Waals surface area contributed by atoms with E-state index < -0.39 is 11.6 Å². The Morgan fingerprint density at radius 1 is 1.23 bits per heavy atom. The molecule has 0 amide bonds. The zero-order valence-corrected chi connectivity index (χ0v) is 8.33. The predicted molar refractivity (Wildman–Crippen MR) is 49.9 cm³/mol. The van der Waals surface area contributed by atoms with Crippen LogP contribution in [0.3, 0.4) is 0 Å². The van der Waals surface area contributed by atoms with Crippen LogP contribution in [0.4, 0.5) is 8.78 Å². The zero-order chi connectivity index (χ0) is 10.0. The van der Waals surface area contributed by atoms with E-state index in [4.69, 9.17) is 11.6 Å². The highest BCUT2D eigenvalue weighted by atomic mass is 35.5. The average Bonchev–Trinajstić information content (AvgIpc) is 2.05. The van der Waals surface area contributed by atoms with Crippen LogP contribution in [0, 0.1) is 17.6 Å². The number of rotatable bonds is 2. The third-order valence-electron chi connectivity index (χ3n) is 1.75. The molecule has 0 aliphatic heterocycles. The van der Waals surface area contributed by atoms with Gasteiger partial charge in [0.2, 0.25) is 0 Å². The molecule has 0 radical (unpaired) electrons. The van der Waals surface area contributed by atoms with Crippen LogP contribution >= 0.6 is 11.6 Å². The molecule has 0 unspecified atom stereocenters. The van der Waals surface area contributed by atoms with E-state index in [1.165, 1.54) is 0 Å². The normalized spacial score (nSPS) is 10.9. The average molecular weight is 205 g/mol. The van der Waals surface area contributed by atoms with E-state index in [0.29, 0.717) is 6.42 Å². The molecule has 72 valence electrons. The molecule has 3 heteroatoms. The van der Waals surface area contributed by atoms with Gasteiger partial charge in [0.25, 0.3) is 0 Å². The highest BCUT2D eigenvalue weighted by molar-refractivity contribution is 6.31. The SMILES string of the molecule is CC(C)Cc1c(F)ccc(F)c1Cl. The van der Waals surface area contributed by atoms with Crippen LogP contribution in [0.2, 0.25) is 5.02 Å². The number of hydrogen-bond donors (Lipinski definition) is 0. The van der Waals surface area contributed by atoms with Crippen LogP contribution in [0.1, 0.15) is 19.4 Å². The maximum absolute atomic E-state index is 13.1. The molecular formula is C10H11ClF2. The van der Waals surface area contributed by atoms with Crippen molar-refractivity contribution in [2.75, 3.05) is 0 Å². The van der Waals surface area contributed by atoms with Gasteiger partial charge in [-0.25, -0.2) is 8.78 Å². The highest BCUT2D eigenvalue weighted by Gasteiger charge is 2.12. The Morgan fingerprint density at radius 2 is 1.77 bits per heavy atom. The minimum Gasteiger partial charge on any atom is -0.207 e. The van der Waals surface area contributed by atoms with E-state index >= 15 is 0 Å². The van der Waals surface area contributed by atoms with Gasteiger partial charge >= 0.3 is 0 Å². The quantitative estimate of drug-likeness (QED) is 0.643. The first kappa shape index (κ1) is 10.5. The molecule has 0 heterocycles. The van der Waals surface area contributed by atoms with Crippen LogP contribution in [0.25, 0.3) is 0 Å². The molecule has 0 nitrogen and oxygen atoms in total. The van der Waals surface area contributed by atoms with Crippen molar-refractivity contribution < 1.29 is 8.78 Å². The standard InChI is InChI=1S/C10H11ClF2/c1-6(2)5-7-8(12)3-4-9(13)10(7)11/h3-4,6H,5H2,1-2H3. The summed E-state index contributed by atoms with van der Waals surface area (Å²) in [6.45, 7) is 3.86. The lowest BCUT2D eigenvalue weighted by molar-refractivity contribution is 0.558. The topological polar surface area (TPSA) is 0 Å². The Balaban J connectivity index is 3.10. The molecule has 0 saturated carbocycles. The van der Waals surface area contributed by atoms with Crippen molar-refractivity contribution >= 4 is 11.6 Å². The van der Waals surface area contributed by atoms with Gasteiger partial charge in [0.05, 0.1) is 5.02 Å². The molecule has 1 aromatic carbocycles. The number of halogens is 3. The van der Waals surface area contributed by atoms with E-state index in [2.05, 4.69) is 0 Å². The molecule has 1 aromatic rings. The minimum absolute atomic E-state index is 0.0892. The molecule has 0 aliphatic rings. The Bertz CT molecular complexity index is 308. The maximum Gasteiger partial charge on any atom is 0.142 e. The van der Waals surface area contributed by atoms with Gasteiger partial charge in [-0.1, -0.05) is 25.4 Å². The smallest absolute Gasteiger partial charge is 0.142 e. The second kappa shape index (κ2) is 4.05. The summed E-state index contributed by atoms with van der Waals surface area (Å²) in [5, 5.41) is -0.0892. The summed E-state index contributed by atoms with van der Waals surface area (Å²) in [4.78, 5) is 0. The summed E-state index contributed by atoms with van der Waals surface area (Å²) in [5.41, 5.74) is 0.275. The Labute approximate surface area is 81.5 Å². The van der Waals surface area contributed by atoms with Crippen LogP contribution in [-0.2, 0) is 6.42 Å². The van der Waals surface area contributed by atoms with Gasteiger partial charge in [0.15, 0.2) is 0 Å². The summed E-state index contributed by atoms with van der Waals surface area (Å²) in [5.74, 6) is -0.729.